The number of hydrogen-bond donors (Lipinski definition) is 1. The van der Waals surface area contributed by atoms with E-state index in [-0.39, 0.29) is 0 Å². The summed E-state index contributed by atoms with van der Waals surface area (Å²) in [6.45, 7) is 2.54. The molecule has 0 aromatic heterocycles. The Bertz CT molecular complexity index is 578. The molecule has 2 aromatic rings. The van der Waals surface area contributed by atoms with Gasteiger partial charge >= 0.3 is 0 Å². The van der Waals surface area contributed by atoms with Gasteiger partial charge in [-0.3, -0.25) is 0 Å². The van der Waals surface area contributed by atoms with Crippen LogP contribution in [-0.2, 0) is 0 Å². The molecule has 3 heteroatoms. The largest absolute Gasteiger partial charge is 0.494 e. The molecule has 1 N–H and O–H groups in total. The van der Waals surface area contributed by atoms with Gasteiger partial charge in [0, 0.05) is 11.1 Å². The van der Waals surface area contributed by atoms with Crippen LogP contribution in [0.4, 0.5) is 0 Å². The number of ether oxygens (including phenoxy) is 2. The third kappa shape index (κ3) is 1.73. The van der Waals surface area contributed by atoms with E-state index >= 15 is 0 Å². The highest BCUT2D eigenvalue weighted by molar-refractivity contribution is 5.53. The summed E-state index contributed by atoms with van der Waals surface area (Å²) in [6, 6.07) is 13.0. The van der Waals surface area contributed by atoms with E-state index in [1.807, 2.05) is 49.4 Å². The van der Waals surface area contributed by atoms with Crippen LogP contribution < -0.4 is 9.47 Å². The zero-order valence-electron chi connectivity index (χ0n) is 10.1. The minimum atomic E-state index is -0.662. The van der Waals surface area contributed by atoms with E-state index in [2.05, 4.69) is 0 Å². The van der Waals surface area contributed by atoms with Crippen LogP contribution in [0.1, 0.15) is 24.2 Å². The Hall–Kier alpha value is -2.00. The Morgan fingerprint density at radius 3 is 2.72 bits per heavy atom. The third-order valence-corrected chi connectivity index (χ3v) is 3.02. The van der Waals surface area contributed by atoms with Gasteiger partial charge in [0.25, 0.3) is 0 Å². The number of fused-ring (bicyclic) bond motifs is 2. The Labute approximate surface area is 106 Å². The van der Waals surface area contributed by atoms with Crippen molar-refractivity contribution >= 4 is 0 Å². The second-order valence-corrected chi connectivity index (χ2v) is 4.18. The number of hydrogen-bond acceptors (Lipinski definition) is 3. The zero-order valence-corrected chi connectivity index (χ0v) is 10.1. The Morgan fingerprint density at radius 1 is 1.11 bits per heavy atom. The van der Waals surface area contributed by atoms with Gasteiger partial charge in [0.2, 0.25) is 0 Å². The SMILES string of the molecule is CCOc1ccc2c(c1)C(O)c1ccccc1O2. The molecule has 0 radical (unpaired) electrons. The fourth-order valence-corrected chi connectivity index (χ4v) is 2.17. The summed E-state index contributed by atoms with van der Waals surface area (Å²) in [5, 5.41) is 10.4. The molecule has 0 fully saturated rings. The van der Waals surface area contributed by atoms with Gasteiger partial charge in [-0.2, -0.15) is 0 Å². The van der Waals surface area contributed by atoms with Crippen LogP contribution in [0.25, 0.3) is 0 Å². The van der Waals surface area contributed by atoms with E-state index < -0.39 is 6.10 Å². The molecule has 2 aromatic carbocycles. The van der Waals surface area contributed by atoms with Gasteiger partial charge < -0.3 is 14.6 Å². The van der Waals surface area contributed by atoms with E-state index in [4.69, 9.17) is 9.47 Å². The van der Waals surface area contributed by atoms with Crippen molar-refractivity contribution < 1.29 is 14.6 Å². The monoisotopic (exact) mass is 242 g/mol. The Balaban J connectivity index is 2.05. The van der Waals surface area contributed by atoms with Gasteiger partial charge in [0.15, 0.2) is 0 Å². The van der Waals surface area contributed by atoms with E-state index in [1.165, 1.54) is 0 Å². The highest BCUT2D eigenvalue weighted by Gasteiger charge is 2.25. The second-order valence-electron chi connectivity index (χ2n) is 4.18. The molecule has 0 bridgehead atoms. The molecule has 3 rings (SSSR count). The van der Waals surface area contributed by atoms with Gasteiger partial charge in [0.05, 0.1) is 6.61 Å². The van der Waals surface area contributed by atoms with Crippen LogP contribution in [0.3, 0.4) is 0 Å². The average molecular weight is 242 g/mol. The first-order valence-electron chi connectivity index (χ1n) is 6.01. The highest BCUT2D eigenvalue weighted by atomic mass is 16.5. The summed E-state index contributed by atoms with van der Waals surface area (Å²) < 4.78 is 11.2. The van der Waals surface area contributed by atoms with Gasteiger partial charge in [-0.25, -0.2) is 0 Å². The normalized spacial score (nSPS) is 16.4. The molecule has 1 unspecified atom stereocenters. The number of para-hydroxylation sites is 1. The zero-order chi connectivity index (χ0) is 12.5. The van der Waals surface area contributed by atoms with E-state index in [0.29, 0.717) is 18.1 Å². The Morgan fingerprint density at radius 2 is 1.89 bits per heavy atom. The second kappa shape index (κ2) is 4.35. The minimum absolute atomic E-state index is 0.603. The maximum atomic E-state index is 10.4. The molecule has 92 valence electrons. The third-order valence-electron chi connectivity index (χ3n) is 3.02. The average Bonchev–Trinajstić information content (AvgIpc) is 2.40. The van der Waals surface area contributed by atoms with Crippen molar-refractivity contribution in [3.63, 3.8) is 0 Å². The molecule has 0 amide bonds. The molecule has 0 spiro atoms. The van der Waals surface area contributed by atoms with Crippen molar-refractivity contribution in [2.75, 3.05) is 6.61 Å². The van der Waals surface area contributed by atoms with Gasteiger partial charge in [-0.1, -0.05) is 18.2 Å². The summed E-state index contributed by atoms with van der Waals surface area (Å²) in [5.41, 5.74) is 1.54. The number of rotatable bonds is 2. The lowest BCUT2D eigenvalue weighted by molar-refractivity contribution is 0.202. The standard InChI is InChI=1S/C15H14O3/c1-2-17-10-7-8-14-12(9-10)15(16)11-5-3-4-6-13(11)18-14/h3-9,15-16H,2H2,1H3. The fraction of sp³-hybridized carbons (Fsp3) is 0.200. The molecule has 1 aliphatic rings. The van der Waals surface area contributed by atoms with Gasteiger partial charge in [0.1, 0.15) is 23.4 Å². The van der Waals surface area contributed by atoms with Crippen LogP contribution >= 0.6 is 0 Å². The molecule has 1 aliphatic heterocycles. The summed E-state index contributed by atoms with van der Waals surface area (Å²) in [7, 11) is 0. The summed E-state index contributed by atoms with van der Waals surface area (Å²) >= 11 is 0. The Kier molecular flexibility index (Phi) is 2.68. The summed E-state index contributed by atoms with van der Waals surface area (Å²) in [4.78, 5) is 0. The van der Waals surface area contributed by atoms with Crippen molar-refractivity contribution in [1.29, 1.82) is 0 Å². The van der Waals surface area contributed by atoms with Crippen molar-refractivity contribution in [1.82, 2.24) is 0 Å². The van der Waals surface area contributed by atoms with Crippen LogP contribution in [0.2, 0.25) is 0 Å². The molecule has 0 saturated heterocycles. The quantitative estimate of drug-likeness (QED) is 0.878. The van der Waals surface area contributed by atoms with Gasteiger partial charge in [-0.15, -0.1) is 0 Å². The van der Waals surface area contributed by atoms with Crippen molar-refractivity contribution in [2.24, 2.45) is 0 Å². The first kappa shape index (κ1) is 11.1. The topological polar surface area (TPSA) is 38.7 Å². The number of aliphatic hydroxyl groups is 1. The van der Waals surface area contributed by atoms with E-state index in [1.54, 1.807) is 0 Å². The van der Waals surface area contributed by atoms with Crippen LogP contribution in [-0.4, -0.2) is 11.7 Å². The van der Waals surface area contributed by atoms with E-state index in [9.17, 15) is 5.11 Å². The molecule has 18 heavy (non-hydrogen) atoms. The lowest BCUT2D eigenvalue weighted by Gasteiger charge is -2.25. The lowest BCUT2D eigenvalue weighted by atomic mass is 9.97. The highest BCUT2D eigenvalue weighted by Crippen LogP contribution is 2.43. The molecular weight excluding hydrogens is 228 g/mol. The predicted molar refractivity (Wildman–Crippen MR) is 68.2 cm³/mol. The van der Waals surface area contributed by atoms with Crippen LogP contribution in [0.15, 0.2) is 42.5 Å². The molecule has 0 aliphatic carbocycles. The van der Waals surface area contributed by atoms with Crippen LogP contribution in [0, 0.1) is 0 Å². The lowest BCUT2D eigenvalue weighted by Crippen LogP contribution is -2.09. The molecule has 1 atom stereocenters. The first-order chi connectivity index (χ1) is 8.79. The molecule has 1 heterocycles. The van der Waals surface area contributed by atoms with Crippen molar-refractivity contribution in [3.05, 3.63) is 53.6 Å². The minimum Gasteiger partial charge on any atom is -0.494 e. The molecular formula is C15H14O3. The summed E-state index contributed by atoms with van der Waals surface area (Å²) in [6.07, 6.45) is -0.662. The number of benzene rings is 2. The maximum Gasteiger partial charge on any atom is 0.133 e. The first-order valence-corrected chi connectivity index (χ1v) is 6.01. The molecule has 3 nitrogen and oxygen atoms in total. The maximum absolute atomic E-state index is 10.4. The van der Waals surface area contributed by atoms with Crippen LogP contribution in [0.5, 0.6) is 17.2 Å². The molecule has 0 saturated carbocycles. The number of aliphatic hydroxyl groups excluding tert-OH is 1. The smallest absolute Gasteiger partial charge is 0.133 e. The predicted octanol–water partition coefficient (Wildman–Crippen LogP) is 3.27. The summed E-state index contributed by atoms with van der Waals surface area (Å²) in [5.74, 6) is 2.14. The van der Waals surface area contributed by atoms with E-state index in [0.717, 1.165) is 16.9 Å². The van der Waals surface area contributed by atoms with Gasteiger partial charge in [-0.05, 0) is 31.2 Å². The van der Waals surface area contributed by atoms with Crippen molar-refractivity contribution in [3.8, 4) is 17.2 Å². The fourth-order valence-electron chi connectivity index (χ4n) is 2.17. The van der Waals surface area contributed by atoms with Crippen molar-refractivity contribution in [2.45, 2.75) is 13.0 Å².